The van der Waals surface area contributed by atoms with E-state index in [1.807, 2.05) is 45.0 Å². The van der Waals surface area contributed by atoms with E-state index in [1.165, 1.54) is 6.26 Å². The molecular formula is C20H25NO4S. The van der Waals surface area contributed by atoms with Crippen molar-refractivity contribution in [1.29, 1.82) is 0 Å². The Morgan fingerprint density at radius 1 is 1.08 bits per heavy atom. The molecule has 1 N–H and O–H groups in total. The standard InChI is InChI=1S/C20H25NO4S/c1-5-19(25-17-10-6-14(2)7-11-17)20(22)21-15(3)16-8-12-18(13-9-16)26(4,23)24/h6-13,15,19H,5H2,1-4H3,(H,21,22)/t15-,19+/m0/s1. The molecule has 1 amide bonds. The molecule has 2 rings (SSSR count). The van der Waals surface area contributed by atoms with Crippen LogP contribution in [0.4, 0.5) is 0 Å². The van der Waals surface area contributed by atoms with Gasteiger partial charge in [0.1, 0.15) is 5.75 Å². The quantitative estimate of drug-likeness (QED) is 0.805. The maximum absolute atomic E-state index is 12.5. The van der Waals surface area contributed by atoms with Gasteiger partial charge < -0.3 is 10.1 Å². The Kier molecular flexibility index (Phi) is 6.42. The van der Waals surface area contributed by atoms with Gasteiger partial charge in [0.05, 0.1) is 10.9 Å². The Labute approximate surface area is 155 Å². The molecule has 0 bridgehead atoms. The minimum absolute atomic E-state index is 0.201. The smallest absolute Gasteiger partial charge is 0.261 e. The van der Waals surface area contributed by atoms with Crippen LogP contribution in [0.1, 0.15) is 37.4 Å². The lowest BCUT2D eigenvalue weighted by atomic mass is 10.1. The van der Waals surface area contributed by atoms with Crippen molar-refractivity contribution in [2.75, 3.05) is 6.26 Å². The minimum atomic E-state index is -3.23. The third-order valence-electron chi connectivity index (χ3n) is 4.13. The SMILES string of the molecule is CC[C@@H](Oc1ccc(C)cc1)C(=O)N[C@@H](C)c1ccc(S(C)(=O)=O)cc1. The van der Waals surface area contributed by atoms with E-state index in [-0.39, 0.29) is 16.8 Å². The molecule has 0 saturated carbocycles. The van der Waals surface area contributed by atoms with Crippen molar-refractivity contribution in [3.05, 3.63) is 59.7 Å². The zero-order valence-corrected chi connectivity index (χ0v) is 16.3. The molecule has 26 heavy (non-hydrogen) atoms. The molecule has 0 spiro atoms. The van der Waals surface area contributed by atoms with Gasteiger partial charge in [-0.05, 0) is 50.1 Å². The van der Waals surface area contributed by atoms with Crippen molar-refractivity contribution in [1.82, 2.24) is 5.32 Å². The molecule has 0 radical (unpaired) electrons. The predicted molar refractivity (Wildman–Crippen MR) is 102 cm³/mol. The van der Waals surface area contributed by atoms with Crippen LogP contribution in [0.3, 0.4) is 0 Å². The number of benzene rings is 2. The van der Waals surface area contributed by atoms with E-state index in [1.54, 1.807) is 24.3 Å². The summed E-state index contributed by atoms with van der Waals surface area (Å²) in [6.45, 7) is 5.74. The summed E-state index contributed by atoms with van der Waals surface area (Å²) < 4.78 is 28.8. The molecular weight excluding hydrogens is 350 g/mol. The van der Waals surface area contributed by atoms with E-state index in [0.717, 1.165) is 11.1 Å². The molecule has 0 heterocycles. The Morgan fingerprint density at radius 3 is 2.15 bits per heavy atom. The van der Waals surface area contributed by atoms with Gasteiger partial charge in [0.25, 0.3) is 5.91 Å². The third kappa shape index (κ3) is 5.33. The topological polar surface area (TPSA) is 72.5 Å². The van der Waals surface area contributed by atoms with Crippen LogP contribution < -0.4 is 10.1 Å². The summed E-state index contributed by atoms with van der Waals surface area (Å²) in [6.07, 6.45) is 1.12. The lowest BCUT2D eigenvalue weighted by Gasteiger charge is -2.21. The molecule has 0 aliphatic heterocycles. The van der Waals surface area contributed by atoms with Gasteiger partial charge in [-0.25, -0.2) is 8.42 Å². The van der Waals surface area contributed by atoms with Crippen LogP contribution in [-0.4, -0.2) is 26.7 Å². The molecule has 5 nitrogen and oxygen atoms in total. The number of hydrogen-bond donors (Lipinski definition) is 1. The Morgan fingerprint density at radius 2 is 1.65 bits per heavy atom. The second-order valence-corrected chi connectivity index (χ2v) is 8.42. The van der Waals surface area contributed by atoms with Crippen LogP contribution in [0, 0.1) is 6.92 Å². The van der Waals surface area contributed by atoms with Gasteiger partial charge in [0.2, 0.25) is 0 Å². The van der Waals surface area contributed by atoms with E-state index in [9.17, 15) is 13.2 Å². The number of carbonyl (C=O) groups excluding carboxylic acids is 1. The summed E-state index contributed by atoms with van der Waals surface area (Å²) in [7, 11) is -3.23. The fraction of sp³-hybridized carbons (Fsp3) is 0.350. The first kappa shape index (κ1) is 20.0. The maximum Gasteiger partial charge on any atom is 0.261 e. The summed E-state index contributed by atoms with van der Waals surface area (Å²) in [6, 6.07) is 13.8. The molecule has 2 atom stereocenters. The second kappa shape index (κ2) is 8.36. The number of carbonyl (C=O) groups is 1. The molecule has 0 aromatic heterocycles. The second-order valence-electron chi connectivity index (χ2n) is 6.40. The van der Waals surface area contributed by atoms with Crippen LogP contribution in [0.15, 0.2) is 53.4 Å². The molecule has 0 aliphatic rings. The largest absolute Gasteiger partial charge is 0.481 e. The van der Waals surface area contributed by atoms with E-state index in [2.05, 4.69) is 5.32 Å². The molecule has 0 saturated heterocycles. The Balaban J connectivity index is 2.03. The number of aryl methyl sites for hydroxylation is 1. The molecule has 6 heteroatoms. The average Bonchev–Trinajstić information content (AvgIpc) is 2.60. The van der Waals surface area contributed by atoms with Gasteiger partial charge in [-0.1, -0.05) is 36.8 Å². The first-order valence-electron chi connectivity index (χ1n) is 8.54. The van der Waals surface area contributed by atoms with Crippen LogP contribution in [0.5, 0.6) is 5.75 Å². The monoisotopic (exact) mass is 375 g/mol. The lowest BCUT2D eigenvalue weighted by molar-refractivity contribution is -0.128. The highest BCUT2D eigenvalue weighted by atomic mass is 32.2. The zero-order valence-electron chi connectivity index (χ0n) is 15.5. The van der Waals surface area contributed by atoms with Crippen LogP contribution in [0.2, 0.25) is 0 Å². The zero-order chi connectivity index (χ0) is 19.3. The normalized spacial score (nSPS) is 13.7. The van der Waals surface area contributed by atoms with Crippen LogP contribution in [0.25, 0.3) is 0 Å². The van der Waals surface area contributed by atoms with E-state index in [4.69, 9.17) is 4.74 Å². The molecule has 140 valence electrons. The summed E-state index contributed by atoms with van der Waals surface area (Å²) in [5.41, 5.74) is 1.96. The van der Waals surface area contributed by atoms with Crippen molar-refractivity contribution in [2.24, 2.45) is 0 Å². The van der Waals surface area contributed by atoms with Gasteiger partial charge in [0, 0.05) is 6.26 Å². The van der Waals surface area contributed by atoms with E-state index < -0.39 is 15.9 Å². The summed E-state index contributed by atoms with van der Waals surface area (Å²) in [4.78, 5) is 12.8. The highest BCUT2D eigenvalue weighted by Crippen LogP contribution is 2.18. The van der Waals surface area contributed by atoms with Crippen LogP contribution in [-0.2, 0) is 14.6 Å². The molecule has 0 unspecified atom stereocenters. The van der Waals surface area contributed by atoms with Gasteiger partial charge >= 0.3 is 0 Å². The summed E-state index contributed by atoms with van der Waals surface area (Å²) in [5.74, 6) is 0.454. The minimum Gasteiger partial charge on any atom is -0.481 e. The Hall–Kier alpha value is -2.34. The van der Waals surface area contributed by atoms with Crippen molar-refractivity contribution in [2.45, 2.75) is 44.2 Å². The van der Waals surface area contributed by atoms with Crippen LogP contribution >= 0.6 is 0 Å². The first-order chi connectivity index (χ1) is 12.2. The third-order valence-corrected chi connectivity index (χ3v) is 5.26. The van der Waals surface area contributed by atoms with Crippen molar-refractivity contribution in [3.8, 4) is 5.75 Å². The van der Waals surface area contributed by atoms with Crippen molar-refractivity contribution in [3.63, 3.8) is 0 Å². The Bertz CT molecular complexity index is 842. The van der Waals surface area contributed by atoms with E-state index in [0.29, 0.717) is 12.2 Å². The number of hydrogen-bond acceptors (Lipinski definition) is 4. The maximum atomic E-state index is 12.5. The number of nitrogens with one attached hydrogen (secondary N) is 1. The van der Waals surface area contributed by atoms with Crippen molar-refractivity contribution >= 4 is 15.7 Å². The summed E-state index contributed by atoms with van der Waals surface area (Å²) in [5, 5.41) is 2.92. The van der Waals surface area contributed by atoms with E-state index >= 15 is 0 Å². The molecule has 2 aromatic carbocycles. The van der Waals surface area contributed by atoms with Gasteiger partial charge in [-0.2, -0.15) is 0 Å². The fourth-order valence-corrected chi connectivity index (χ4v) is 3.13. The molecule has 2 aromatic rings. The number of sulfone groups is 1. The molecule has 0 aliphatic carbocycles. The van der Waals surface area contributed by atoms with Gasteiger partial charge in [0.15, 0.2) is 15.9 Å². The average molecular weight is 375 g/mol. The predicted octanol–water partition coefficient (Wildman–Crippen LogP) is 3.43. The fourth-order valence-electron chi connectivity index (χ4n) is 2.50. The number of ether oxygens (including phenoxy) is 1. The van der Waals surface area contributed by atoms with Gasteiger partial charge in [-0.15, -0.1) is 0 Å². The number of rotatable bonds is 7. The highest BCUT2D eigenvalue weighted by molar-refractivity contribution is 7.90. The summed E-state index contributed by atoms with van der Waals surface area (Å²) >= 11 is 0. The van der Waals surface area contributed by atoms with Crippen molar-refractivity contribution < 1.29 is 17.9 Å². The number of amides is 1. The first-order valence-corrected chi connectivity index (χ1v) is 10.4. The van der Waals surface area contributed by atoms with Gasteiger partial charge in [-0.3, -0.25) is 4.79 Å². The highest BCUT2D eigenvalue weighted by Gasteiger charge is 2.21. The lowest BCUT2D eigenvalue weighted by Crippen LogP contribution is -2.39. The molecule has 0 fully saturated rings.